The molecule has 3 aliphatic rings. The number of aromatic nitrogens is 1. The summed E-state index contributed by atoms with van der Waals surface area (Å²) in [6.45, 7) is 3.65. The number of hydrogen-bond acceptors (Lipinski definition) is 5. The lowest BCUT2D eigenvalue weighted by Crippen LogP contribution is -2.37. The minimum Gasteiger partial charge on any atom is -0.493 e. The number of pyridine rings is 1. The van der Waals surface area contributed by atoms with Gasteiger partial charge in [0.05, 0.1) is 7.11 Å². The highest BCUT2D eigenvalue weighted by Crippen LogP contribution is 2.40. The van der Waals surface area contributed by atoms with Gasteiger partial charge in [0.1, 0.15) is 5.69 Å². The van der Waals surface area contributed by atoms with Crippen LogP contribution in [0, 0.1) is 11.8 Å². The van der Waals surface area contributed by atoms with E-state index in [9.17, 15) is 4.79 Å². The lowest BCUT2D eigenvalue weighted by atomic mass is 9.85. The number of nitrogens with one attached hydrogen (secondary N) is 1. The topological polar surface area (TPSA) is 54.7 Å². The number of methoxy groups -OCH3 is 1. The summed E-state index contributed by atoms with van der Waals surface area (Å²) >= 11 is 0. The molecule has 1 N–H and O–H groups in total. The number of ketones is 1. The SMILES string of the molecule is CNc1cccc2ccc[n+](COc3cc4c(cc3OC)C(=O)C(CC3CCN(CC5=CCCC=C5)CC3)C4)c12. The summed E-state index contributed by atoms with van der Waals surface area (Å²) in [7, 11) is 3.57. The molecule has 1 fully saturated rings. The van der Waals surface area contributed by atoms with Crippen molar-refractivity contribution in [2.75, 3.05) is 39.1 Å². The van der Waals surface area contributed by atoms with Gasteiger partial charge in [0.15, 0.2) is 23.5 Å². The van der Waals surface area contributed by atoms with E-state index in [-0.39, 0.29) is 11.7 Å². The number of rotatable bonds is 9. The molecular weight excluding hydrogens is 498 g/mol. The fraction of sp³-hybridized carbons (Fsp3) is 0.412. The zero-order chi connectivity index (χ0) is 27.5. The second-order valence-corrected chi connectivity index (χ2v) is 11.4. The van der Waals surface area contributed by atoms with Crippen LogP contribution in [0.4, 0.5) is 5.69 Å². The Balaban J connectivity index is 1.11. The number of piperidine rings is 1. The largest absolute Gasteiger partial charge is 0.493 e. The van der Waals surface area contributed by atoms with Gasteiger partial charge in [0, 0.05) is 36.5 Å². The normalized spacial score (nSPS) is 19.5. The summed E-state index contributed by atoms with van der Waals surface area (Å²) < 4.78 is 14.1. The Labute approximate surface area is 237 Å². The van der Waals surface area contributed by atoms with Gasteiger partial charge < -0.3 is 14.8 Å². The number of benzene rings is 2. The van der Waals surface area contributed by atoms with Crippen LogP contribution in [0.15, 0.2) is 72.5 Å². The molecule has 0 bridgehead atoms. The number of ether oxygens (including phenoxy) is 2. The van der Waals surface area contributed by atoms with Crippen molar-refractivity contribution in [1.29, 1.82) is 0 Å². The number of para-hydroxylation sites is 1. The first-order chi connectivity index (χ1) is 19.6. The molecule has 2 aliphatic carbocycles. The van der Waals surface area contributed by atoms with Crippen molar-refractivity contribution in [2.45, 2.75) is 45.3 Å². The fourth-order valence-corrected chi connectivity index (χ4v) is 6.66. The van der Waals surface area contributed by atoms with E-state index in [4.69, 9.17) is 9.47 Å². The van der Waals surface area contributed by atoms with E-state index in [1.807, 2.05) is 37.5 Å². The Kier molecular flexibility index (Phi) is 7.87. The van der Waals surface area contributed by atoms with Crippen molar-refractivity contribution in [1.82, 2.24) is 4.90 Å². The molecule has 0 spiro atoms. The fourth-order valence-electron chi connectivity index (χ4n) is 6.66. The van der Waals surface area contributed by atoms with Crippen molar-refractivity contribution >= 4 is 22.4 Å². The monoisotopic (exact) mass is 538 g/mol. The molecule has 0 saturated carbocycles. The summed E-state index contributed by atoms with van der Waals surface area (Å²) in [5.41, 5.74) is 5.47. The van der Waals surface area contributed by atoms with E-state index >= 15 is 0 Å². The summed E-state index contributed by atoms with van der Waals surface area (Å²) in [5.74, 6) is 2.22. The molecule has 40 heavy (non-hydrogen) atoms. The average Bonchev–Trinajstić information content (AvgIpc) is 3.30. The zero-order valence-electron chi connectivity index (χ0n) is 23.7. The number of allylic oxidation sites excluding steroid dienone is 2. The predicted octanol–water partition coefficient (Wildman–Crippen LogP) is 5.95. The smallest absolute Gasteiger partial charge is 0.292 e. The molecule has 2 heterocycles. The van der Waals surface area contributed by atoms with Crippen LogP contribution < -0.4 is 19.4 Å². The predicted molar refractivity (Wildman–Crippen MR) is 159 cm³/mol. The van der Waals surface area contributed by atoms with E-state index in [0.29, 0.717) is 24.1 Å². The average molecular weight is 539 g/mol. The second-order valence-electron chi connectivity index (χ2n) is 11.4. The van der Waals surface area contributed by atoms with Crippen LogP contribution in [0.1, 0.15) is 48.0 Å². The summed E-state index contributed by atoms with van der Waals surface area (Å²) in [4.78, 5) is 16.0. The molecule has 0 radical (unpaired) electrons. The lowest BCUT2D eigenvalue weighted by molar-refractivity contribution is -0.700. The molecule has 208 valence electrons. The molecular formula is C34H40N3O3+. The molecule has 6 nitrogen and oxygen atoms in total. The quantitative estimate of drug-likeness (QED) is 0.342. The molecule has 6 rings (SSSR count). The minimum absolute atomic E-state index is 0.0566. The van der Waals surface area contributed by atoms with Gasteiger partial charge in [-0.25, -0.2) is 0 Å². The molecule has 1 saturated heterocycles. The van der Waals surface area contributed by atoms with Crippen LogP contribution in [0.5, 0.6) is 11.5 Å². The number of anilines is 1. The van der Waals surface area contributed by atoms with Crippen molar-refractivity contribution in [2.24, 2.45) is 11.8 Å². The van der Waals surface area contributed by atoms with Crippen LogP contribution in [0.25, 0.3) is 10.9 Å². The van der Waals surface area contributed by atoms with Gasteiger partial charge in [-0.2, -0.15) is 4.57 Å². The first-order valence-electron chi connectivity index (χ1n) is 14.7. The summed E-state index contributed by atoms with van der Waals surface area (Å²) in [6.07, 6.45) is 15.4. The Hall–Kier alpha value is -3.64. The van der Waals surface area contributed by atoms with E-state index in [1.165, 1.54) is 31.3 Å². The Bertz CT molecular complexity index is 1450. The number of nitrogens with zero attached hydrogens (tertiary/aromatic N) is 2. The molecule has 1 aliphatic heterocycles. The first-order valence-corrected chi connectivity index (χ1v) is 14.7. The number of carbonyl (C=O) groups excluding carboxylic acids is 1. The molecule has 1 aromatic heterocycles. The Morgan fingerprint density at radius 2 is 1.93 bits per heavy atom. The van der Waals surface area contributed by atoms with E-state index in [2.05, 4.69) is 51.2 Å². The van der Waals surface area contributed by atoms with Crippen molar-refractivity contribution in [3.63, 3.8) is 0 Å². The van der Waals surface area contributed by atoms with Crippen LogP contribution in [0.3, 0.4) is 0 Å². The Morgan fingerprint density at radius 3 is 2.70 bits per heavy atom. The molecule has 6 heteroatoms. The van der Waals surface area contributed by atoms with Gasteiger partial charge in [-0.15, -0.1) is 0 Å². The third-order valence-corrected chi connectivity index (χ3v) is 8.82. The van der Waals surface area contributed by atoms with Gasteiger partial charge in [0.25, 0.3) is 6.73 Å². The molecule has 3 aromatic rings. The van der Waals surface area contributed by atoms with Crippen LogP contribution in [-0.4, -0.2) is 44.5 Å². The Morgan fingerprint density at radius 1 is 1.07 bits per heavy atom. The van der Waals surface area contributed by atoms with Crippen LogP contribution in [0.2, 0.25) is 0 Å². The van der Waals surface area contributed by atoms with Crippen molar-refractivity contribution in [3.8, 4) is 11.5 Å². The number of hydrogen-bond donors (Lipinski definition) is 1. The van der Waals surface area contributed by atoms with E-state index in [0.717, 1.165) is 60.2 Å². The molecule has 0 amide bonds. The minimum atomic E-state index is 0.0566. The van der Waals surface area contributed by atoms with Gasteiger partial charge in [-0.1, -0.05) is 24.3 Å². The number of Topliss-reactive ketones (excluding diaryl/α,β-unsaturated/α-hetero) is 1. The second kappa shape index (κ2) is 11.8. The third-order valence-electron chi connectivity index (χ3n) is 8.82. The molecule has 1 unspecified atom stereocenters. The van der Waals surface area contributed by atoms with E-state index < -0.39 is 0 Å². The first kappa shape index (κ1) is 26.6. The highest BCUT2D eigenvalue weighted by molar-refractivity contribution is 6.03. The number of likely N-dealkylation sites (tertiary alicyclic amines) is 1. The lowest BCUT2D eigenvalue weighted by Gasteiger charge is -2.33. The van der Waals surface area contributed by atoms with Crippen molar-refractivity contribution in [3.05, 3.63) is 83.6 Å². The zero-order valence-corrected chi connectivity index (χ0v) is 23.7. The van der Waals surface area contributed by atoms with E-state index in [1.54, 1.807) is 7.11 Å². The maximum Gasteiger partial charge on any atom is 0.292 e. The molecule has 1 atom stereocenters. The maximum absolute atomic E-state index is 13.4. The standard InChI is InChI=1S/C34H40N3O3/c1-35-30-12-6-10-26-11-7-15-37(33(26)30)23-40-32-20-27-19-28(34(38)29(27)21-31(32)39-2)18-24-13-16-36(17-14-24)22-25-8-4-3-5-9-25/h4,6-12,15,20-21,24,28,35H,3,5,13-14,16-19,22-23H2,1-2H3/q+1. The summed E-state index contributed by atoms with van der Waals surface area (Å²) in [6, 6.07) is 14.3. The number of carbonyl (C=O) groups is 1. The van der Waals surface area contributed by atoms with Gasteiger partial charge >= 0.3 is 0 Å². The number of fused-ring (bicyclic) bond motifs is 2. The maximum atomic E-state index is 13.4. The molecule has 2 aromatic carbocycles. The van der Waals surface area contributed by atoms with Gasteiger partial charge in [0.2, 0.25) is 5.52 Å². The third kappa shape index (κ3) is 5.50. The van der Waals surface area contributed by atoms with Crippen molar-refractivity contribution < 1.29 is 18.8 Å². The van der Waals surface area contributed by atoms with Crippen LogP contribution in [-0.2, 0) is 13.2 Å². The highest BCUT2D eigenvalue weighted by Gasteiger charge is 2.34. The van der Waals surface area contributed by atoms with Crippen LogP contribution >= 0.6 is 0 Å². The van der Waals surface area contributed by atoms with Gasteiger partial charge in [-0.05, 0) is 99.0 Å². The highest BCUT2D eigenvalue weighted by atomic mass is 16.5. The summed E-state index contributed by atoms with van der Waals surface area (Å²) in [5, 5.41) is 4.42. The van der Waals surface area contributed by atoms with Gasteiger partial charge in [-0.3, -0.25) is 9.69 Å².